The van der Waals surface area contributed by atoms with Crippen LogP contribution in [0.25, 0.3) is 22.0 Å². The molecule has 0 atom stereocenters. The molecule has 18 heavy (non-hydrogen) atoms. The van der Waals surface area contributed by atoms with Crippen LogP contribution in [0.1, 0.15) is 0 Å². The fraction of sp³-hybridized carbons (Fsp3) is 0. The highest BCUT2D eigenvalue weighted by Gasteiger charge is 2.11. The molecule has 3 aromatic rings. The van der Waals surface area contributed by atoms with Gasteiger partial charge < -0.3 is 0 Å². The van der Waals surface area contributed by atoms with E-state index in [2.05, 4.69) is 4.98 Å². The van der Waals surface area contributed by atoms with Gasteiger partial charge in [0.25, 0.3) is 0 Å². The number of rotatable bonds is 1. The third-order valence-corrected chi connectivity index (χ3v) is 3.61. The molecular weight excluding hydrogens is 265 g/mol. The molecule has 0 radical (unpaired) electrons. The first-order valence-electron chi connectivity index (χ1n) is 5.56. The fourth-order valence-electron chi connectivity index (χ4n) is 2.02. The molecule has 0 aliphatic rings. The SMILES string of the molecule is Clc1nc(-c2ccccc2)c2ccccc2c1Cl. The van der Waals surface area contributed by atoms with Crippen molar-refractivity contribution in [1.29, 1.82) is 0 Å². The number of fused-ring (bicyclic) bond motifs is 1. The van der Waals surface area contributed by atoms with Crippen molar-refractivity contribution in [1.82, 2.24) is 4.98 Å². The highest BCUT2D eigenvalue weighted by atomic mass is 35.5. The summed E-state index contributed by atoms with van der Waals surface area (Å²) in [5.41, 5.74) is 1.90. The Morgan fingerprint density at radius 1 is 0.722 bits per heavy atom. The minimum atomic E-state index is 0.342. The maximum atomic E-state index is 6.19. The molecule has 1 aromatic heterocycles. The van der Waals surface area contributed by atoms with Gasteiger partial charge in [0.2, 0.25) is 0 Å². The maximum absolute atomic E-state index is 6.19. The molecule has 0 aliphatic carbocycles. The van der Waals surface area contributed by atoms with Crippen LogP contribution in [0.3, 0.4) is 0 Å². The quantitative estimate of drug-likeness (QED) is 0.555. The van der Waals surface area contributed by atoms with Crippen LogP contribution in [0.15, 0.2) is 54.6 Å². The van der Waals surface area contributed by atoms with E-state index in [1.165, 1.54) is 0 Å². The van der Waals surface area contributed by atoms with Gasteiger partial charge in [-0.15, -0.1) is 0 Å². The first-order chi connectivity index (χ1) is 8.77. The van der Waals surface area contributed by atoms with Crippen LogP contribution >= 0.6 is 23.2 Å². The van der Waals surface area contributed by atoms with Gasteiger partial charge in [-0.3, -0.25) is 0 Å². The van der Waals surface area contributed by atoms with E-state index in [0.29, 0.717) is 10.2 Å². The smallest absolute Gasteiger partial charge is 0.148 e. The Morgan fingerprint density at radius 3 is 2.06 bits per heavy atom. The summed E-state index contributed by atoms with van der Waals surface area (Å²) in [7, 11) is 0. The third-order valence-electron chi connectivity index (χ3n) is 2.86. The number of nitrogens with zero attached hydrogens (tertiary/aromatic N) is 1. The van der Waals surface area contributed by atoms with E-state index in [1.807, 2.05) is 54.6 Å². The van der Waals surface area contributed by atoms with Crippen LogP contribution in [-0.2, 0) is 0 Å². The van der Waals surface area contributed by atoms with Gasteiger partial charge >= 0.3 is 0 Å². The second-order valence-electron chi connectivity index (χ2n) is 3.98. The number of hydrogen-bond donors (Lipinski definition) is 0. The normalized spacial score (nSPS) is 10.8. The molecule has 2 aromatic carbocycles. The Bertz CT molecular complexity index is 708. The second-order valence-corrected chi connectivity index (χ2v) is 4.71. The van der Waals surface area contributed by atoms with E-state index in [0.717, 1.165) is 22.0 Å². The maximum Gasteiger partial charge on any atom is 0.148 e. The third kappa shape index (κ3) is 1.86. The molecule has 3 rings (SSSR count). The predicted octanol–water partition coefficient (Wildman–Crippen LogP) is 5.21. The van der Waals surface area contributed by atoms with Gasteiger partial charge in [0.05, 0.1) is 10.7 Å². The highest BCUT2D eigenvalue weighted by Crippen LogP contribution is 2.35. The van der Waals surface area contributed by atoms with Crippen LogP contribution in [0.4, 0.5) is 0 Å². The van der Waals surface area contributed by atoms with Crippen LogP contribution in [0.2, 0.25) is 10.2 Å². The average Bonchev–Trinajstić information content (AvgIpc) is 2.44. The summed E-state index contributed by atoms with van der Waals surface area (Å²) >= 11 is 12.3. The number of aromatic nitrogens is 1. The van der Waals surface area contributed by atoms with Crippen LogP contribution in [0, 0.1) is 0 Å². The molecule has 3 heteroatoms. The largest absolute Gasteiger partial charge is 0.234 e. The molecule has 0 aliphatic heterocycles. The van der Waals surface area contributed by atoms with E-state index in [-0.39, 0.29) is 0 Å². The van der Waals surface area contributed by atoms with Gasteiger partial charge in [-0.1, -0.05) is 77.8 Å². The van der Waals surface area contributed by atoms with Gasteiger partial charge in [-0.05, 0) is 0 Å². The lowest BCUT2D eigenvalue weighted by atomic mass is 10.0. The Balaban J connectivity index is 2.40. The standard InChI is InChI=1S/C15H9Cl2N/c16-13-11-8-4-5-9-12(11)14(18-15(13)17)10-6-2-1-3-7-10/h1-9H. The topological polar surface area (TPSA) is 12.9 Å². The Labute approximate surface area is 115 Å². The van der Waals surface area contributed by atoms with Crippen LogP contribution in [0.5, 0.6) is 0 Å². The summed E-state index contributed by atoms with van der Waals surface area (Å²) in [6.07, 6.45) is 0. The lowest BCUT2D eigenvalue weighted by Gasteiger charge is -2.08. The zero-order valence-corrected chi connectivity index (χ0v) is 10.9. The van der Waals surface area contributed by atoms with Crippen LogP contribution < -0.4 is 0 Å². The molecule has 1 heterocycles. The number of hydrogen-bond acceptors (Lipinski definition) is 1. The van der Waals surface area contributed by atoms with E-state index in [4.69, 9.17) is 23.2 Å². The lowest BCUT2D eigenvalue weighted by molar-refractivity contribution is 1.36. The molecular formula is C15H9Cl2N. The first kappa shape index (κ1) is 11.5. The minimum Gasteiger partial charge on any atom is -0.234 e. The lowest BCUT2D eigenvalue weighted by Crippen LogP contribution is -1.88. The van der Waals surface area contributed by atoms with E-state index < -0.39 is 0 Å². The number of halogens is 2. The molecule has 0 fully saturated rings. The van der Waals surface area contributed by atoms with Gasteiger partial charge in [0, 0.05) is 16.3 Å². The van der Waals surface area contributed by atoms with E-state index >= 15 is 0 Å². The average molecular weight is 274 g/mol. The summed E-state index contributed by atoms with van der Waals surface area (Å²) in [4.78, 5) is 4.40. The Kier molecular flexibility index (Phi) is 2.94. The molecule has 0 spiro atoms. The molecule has 0 saturated heterocycles. The second kappa shape index (κ2) is 4.60. The zero-order chi connectivity index (χ0) is 12.5. The van der Waals surface area contributed by atoms with Crippen molar-refractivity contribution in [2.45, 2.75) is 0 Å². The molecule has 88 valence electrons. The van der Waals surface area contributed by atoms with E-state index in [9.17, 15) is 0 Å². The minimum absolute atomic E-state index is 0.342. The van der Waals surface area contributed by atoms with Crippen LogP contribution in [-0.4, -0.2) is 4.98 Å². The Morgan fingerprint density at radius 2 is 1.33 bits per heavy atom. The van der Waals surface area contributed by atoms with Gasteiger partial charge in [0.15, 0.2) is 0 Å². The summed E-state index contributed by atoms with van der Waals surface area (Å²) < 4.78 is 0. The van der Waals surface area contributed by atoms with Gasteiger partial charge in [-0.25, -0.2) is 4.98 Å². The molecule has 0 N–H and O–H groups in total. The summed E-state index contributed by atoms with van der Waals surface area (Å²) in [5, 5.41) is 2.79. The van der Waals surface area contributed by atoms with Crippen molar-refractivity contribution in [2.75, 3.05) is 0 Å². The molecule has 0 amide bonds. The van der Waals surface area contributed by atoms with Crippen molar-refractivity contribution >= 4 is 34.0 Å². The summed E-state index contributed by atoms with van der Waals surface area (Å²) in [6, 6.07) is 17.8. The zero-order valence-electron chi connectivity index (χ0n) is 9.40. The van der Waals surface area contributed by atoms with E-state index in [1.54, 1.807) is 0 Å². The predicted molar refractivity (Wildman–Crippen MR) is 77.2 cm³/mol. The first-order valence-corrected chi connectivity index (χ1v) is 6.32. The van der Waals surface area contributed by atoms with Crippen molar-refractivity contribution in [3.8, 4) is 11.3 Å². The number of benzene rings is 2. The molecule has 0 bridgehead atoms. The van der Waals surface area contributed by atoms with Crippen molar-refractivity contribution < 1.29 is 0 Å². The fourth-order valence-corrected chi connectivity index (χ4v) is 2.41. The number of pyridine rings is 1. The summed E-state index contributed by atoms with van der Waals surface area (Å²) in [5.74, 6) is 0. The Hall–Kier alpha value is -1.57. The molecule has 0 unspecified atom stereocenters. The van der Waals surface area contributed by atoms with Crippen molar-refractivity contribution in [2.24, 2.45) is 0 Å². The van der Waals surface area contributed by atoms with Gasteiger partial charge in [0.1, 0.15) is 5.15 Å². The van der Waals surface area contributed by atoms with Gasteiger partial charge in [-0.2, -0.15) is 0 Å². The summed E-state index contributed by atoms with van der Waals surface area (Å²) in [6.45, 7) is 0. The highest BCUT2D eigenvalue weighted by molar-refractivity contribution is 6.44. The van der Waals surface area contributed by atoms with Crippen molar-refractivity contribution in [3.63, 3.8) is 0 Å². The molecule has 0 saturated carbocycles. The molecule has 1 nitrogen and oxygen atoms in total. The van der Waals surface area contributed by atoms with Crippen molar-refractivity contribution in [3.05, 3.63) is 64.8 Å². The monoisotopic (exact) mass is 273 g/mol.